The lowest BCUT2D eigenvalue weighted by molar-refractivity contribution is 0.102. The fourth-order valence-corrected chi connectivity index (χ4v) is 6.09. The molecule has 0 radical (unpaired) electrons. The van der Waals surface area contributed by atoms with Gasteiger partial charge in [-0.25, -0.2) is 8.42 Å². The standard InChI is InChI=1S/C25H26N2O4S2/c1-31-24-14-13-22(33(29,30)27-15-5-6-16-27)17-23(24)25(28)26-20-11-9-19(10-12-20)18-32-21-7-3-2-4-8-21/h2-4,7-14,17H,5-6,15-16,18H2,1H3,(H,26,28). The Hall–Kier alpha value is -2.81. The number of methoxy groups -OCH3 is 1. The summed E-state index contributed by atoms with van der Waals surface area (Å²) < 4.78 is 32.6. The van der Waals surface area contributed by atoms with Crippen molar-refractivity contribution in [3.8, 4) is 5.75 Å². The first-order chi connectivity index (χ1) is 16.0. The van der Waals surface area contributed by atoms with Gasteiger partial charge < -0.3 is 10.1 Å². The zero-order chi connectivity index (χ0) is 23.3. The first kappa shape index (κ1) is 23.4. The summed E-state index contributed by atoms with van der Waals surface area (Å²) in [6.07, 6.45) is 1.70. The van der Waals surface area contributed by atoms with E-state index in [2.05, 4.69) is 17.4 Å². The number of hydrogen-bond donors (Lipinski definition) is 1. The van der Waals surface area contributed by atoms with E-state index in [1.165, 1.54) is 34.5 Å². The van der Waals surface area contributed by atoms with Crippen molar-refractivity contribution >= 4 is 33.4 Å². The first-order valence-electron chi connectivity index (χ1n) is 10.7. The molecule has 3 aromatic rings. The monoisotopic (exact) mass is 482 g/mol. The Labute approximate surface area is 199 Å². The van der Waals surface area contributed by atoms with Crippen molar-refractivity contribution in [2.75, 3.05) is 25.5 Å². The van der Waals surface area contributed by atoms with Crippen molar-refractivity contribution in [2.24, 2.45) is 0 Å². The molecule has 0 spiro atoms. The number of nitrogens with one attached hydrogen (secondary N) is 1. The van der Waals surface area contributed by atoms with Crippen LogP contribution in [-0.2, 0) is 15.8 Å². The van der Waals surface area contributed by atoms with E-state index in [0.29, 0.717) is 24.5 Å². The Morgan fingerprint density at radius 3 is 2.36 bits per heavy atom. The molecular formula is C25H26N2O4S2. The molecule has 172 valence electrons. The van der Waals surface area contributed by atoms with Crippen molar-refractivity contribution in [1.82, 2.24) is 4.31 Å². The Balaban J connectivity index is 1.47. The Kier molecular flexibility index (Phi) is 7.37. The second-order valence-electron chi connectivity index (χ2n) is 7.73. The van der Waals surface area contributed by atoms with Crippen LogP contribution in [0.2, 0.25) is 0 Å². The summed E-state index contributed by atoms with van der Waals surface area (Å²) >= 11 is 1.74. The van der Waals surface area contributed by atoms with Gasteiger partial charge in [0.2, 0.25) is 10.0 Å². The molecule has 1 heterocycles. The van der Waals surface area contributed by atoms with E-state index < -0.39 is 15.9 Å². The largest absolute Gasteiger partial charge is 0.496 e. The highest BCUT2D eigenvalue weighted by Gasteiger charge is 2.28. The van der Waals surface area contributed by atoms with Gasteiger partial charge in [0.25, 0.3) is 5.91 Å². The first-order valence-corrected chi connectivity index (χ1v) is 13.2. The van der Waals surface area contributed by atoms with Gasteiger partial charge in [-0.05, 0) is 60.9 Å². The Morgan fingerprint density at radius 2 is 1.70 bits per heavy atom. The molecule has 0 atom stereocenters. The maximum atomic E-state index is 13.0. The topological polar surface area (TPSA) is 75.7 Å². The minimum Gasteiger partial charge on any atom is -0.496 e. The van der Waals surface area contributed by atoms with Crippen LogP contribution in [0.15, 0.2) is 82.6 Å². The maximum Gasteiger partial charge on any atom is 0.259 e. The van der Waals surface area contributed by atoms with Crippen LogP contribution in [0, 0.1) is 0 Å². The lowest BCUT2D eigenvalue weighted by Gasteiger charge is -2.17. The third-order valence-corrected chi connectivity index (χ3v) is 8.46. The number of benzene rings is 3. The molecule has 0 saturated carbocycles. The molecule has 1 aliphatic heterocycles. The highest BCUT2D eigenvalue weighted by Crippen LogP contribution is 2.28. The van der Waals surface area contributed by atoms with Crippen LogP contribution in [0.4, 0.5) is 5.69 Å². The van der Waals surface area contributed by atoms with E-state index in [1.807, 2.05) is 42.5 Å². The second kappa shape index (κ2) is 10.4. The van der Waals surface area contributed by atoms with Gasteiger partial charge in [-0.15, -0.1) is 11.8 Å². The van der Waals surface area contributed by atoms with E-state index >= 15 is 0 Å². The highest BCUT2D eigenvalue weighted by atomic mass is 32.2. The molecule has 8 heteroatoms. The summed E-state index contributed by atoms with van der Waals surface area (Å²) in [7, 11) is -2.17. The third-order valence-electron chi connectivity index (χ3n) is 5.48. The van der Waals surface area contributed by atoms with Crippen molar-refractivity contribution in [2.45, 2.75) is 28.4 Å². The molecule has 1 fully saturated rings. The summed E-state index contributed by atoms with van der Waals surface area (Å²) in [5, 5.41) is 2.85. The summed E-state index contributed by atoms with van der Waals surface area (Å²) in [5.41, 5.74) is 1.95. The van der Waals surface area contributed by atoms with E-state index in [4.69, 9.17) is 4.74 Å². The zero-order valence-corrected chi connectivity index (χ0v) is 20.0. The molecule has 3 aromatic carbocycles. The van der Waals surface area contributed by atoms with Crippen LogP contribution in [0.5, 0.6) is 5.75 Å². The van der Waals surface area contributed by atoms with Crippen molar-refractivity contribution in [3.63, 3.8) is 0 Å². The van der Waals surface area contributed by atoms with E-state index in [9.17, 15) is 13.2 Å². The van der Waals surface area contributed by atoms with Gasteiger partial charge in [0.05, 0.1) is 17.6 Å². The van der Waals surface area contributed by atoms with Gasteiger partial charge in [-0.3, -0.25) is 4.79 Å². The molecule has 0 aromatic heterocycles. The average Bonchev–Trinajstić information content (AvgIpc) is 3.40. The number of amides is 1. The summed E-state index contributed by atoms with van der Waals surface area (Å²) in [6.45, 7) is 1.01. The van der Waals surface area contributed by atoms with Crippen LogP contribution < -0.4 is 10.1 Å². The Morgan fingerprint density at radius 1 is 1.00 bits per heavy atom. The van der Waals surface area contributed by atoms with E-state index in [0.717, 1.165) is 24.2 Å². The smallest absolute Gasteiger partial charge is 0.259 e. The van der Waals surface area contributed by atoms with Gasteiger partial charge in [0.1, 0.15) is 5.75 Å². The maximum absolute atomic E-state index is 13.0. The quantitative estimate of drug-likeness (QED) is 0.456. The van der Waals surface area contributed by atoms with Gasteiger partial charge in [-0.2, -0.15) is 4.31 Å². The minimum absolute atomic E-state index is 0.101. The highest BCUT2D eigenvalue weighted by molar-refractivity contribution is 7.98. The molecule has 1 saturated heterocycles. The van der Waals surface area contributed by atoms with Gasteiger partial charge in [0, 0.05) is 29.4 Å². The molecule has 1 amide bonds. The molecule has 1 N–H and O–H groups in total. The number of carbonyl (C=O) groups excluding carboxylic acids is 1. The summed E-state index contributed by atoms with van der Waals surface area (Å²) in [5.74, 6) is 0.725. The number of hydrogen-bond acceptors (Lipinski definition) is 5. The number of carbonyl (C=O) groups is 1. The lowest BCUT2D eigenvalue weighted by atomic mass is 10.1. The number of nitrogens with zero attached hydrogens (tertiary/aromatic N) is 1. The fraction of sp³-hybridized carbons (Fsp3) is 0.240. The molecule has 4 rings (SSSR count). The predicted octanol–water partition coefficient (Wildman–Crippen LogP) is 5.02. The normalized spacial score (nSPS) is 14.2. The average molecular weight is 483 g/mol. The molecule has 1 aliphatic rings. The van der Waals surface area contributed by atoms with Crippen LogP contribution in [0.1, 0.15) is 28.8 Å². The zero-order valence-electron chi connectivity index (χ0n) is 18.4. The minimum atomic E-state index is -3.63. The van der Waals surface area contributed by atoms with Gasteiger partial charge in [0.15, 0.2) is 0 Å². The van der Waals surface area contributed by atoms with Crippen LogP contribution in [0.25, 0.3) is 0 Å². The van der Waals surface area contributed by atoms with Crippen LogP contribution in [-0.4, -0.2) is 38.8 Å². The van der Waals surface area contributed by atoms with E-state index in [1.54, 1.807) is 11.8 Å². The van der Waals surface area contributed by atoms with Crippen molar-refractivity contribution < 1.29 is 17.9 Å². The second-order valence-corrected chi connectivity index (χ2v) is 10.7. The predicted molar refractivity (Wildman–Crippen MR) is 131 cm³/mol. The summed E-state index contributed by atoms with van der Waals surface area (Å²) in [4.78, 5) is 14.3. The van der Waals surface area contributed by atoms with Crippen LogP contribution in [0.3, 0.4) is 0 Å². The fourth-order valence-electron chi connectivity index (χ4n) is 3.67. The SMILES string of the molecule is COc1ccc(S(=O)(=O)N2CCCC2)cc1C(=O)Nc1ccc(CSc2ccccc2)cc1. The molecule has 6 nitrogen and oxygen atoms in total. The number of thioether (sulfide) groups is 1. The van der Waals surface area contributed by atoms with E-state index in [-0.39, 0.29) is 10.5 Å². The molecule has 33 heavy (non-hydrogen) atoms. The molecular weight excluding hydrogens is 456 g/mol. The van der Waals surface area contributed by atoms with Gasteiger partial charge >= 0.3 is 0 Å². The van der Waals surface area contributed by atoms with Crippen molar-refractivity contribution in [1.29, 1.82) is 0 Å². The molecule has 0 unspecified atom stereocenters. The lowest BCUT2D eigenvalue weighted by Crippen LogP contribution is -2.28. The van der Waals surface area contributed by atoms with Crippen LogP contribution >= 0.6 is 11.8 Å². The Bertz CT molecular complexity index is 1210. The number of rotatable bonds is 8. The molecule has 0 aliphatic carbocycles. The number of ether oxygens (including phenoxy) is 1. The number of sulfonamides is 1. The third kappa shape index (κ3) is 5.58. The molecule has 0 bridgehead atoms. The summed E-state index contributed by atoms with van der Waals surface area (Å²) in [6, 6.07) is 22.2. The number of anilines is 1. The van der Waals surface area contributed by atoms with Gasteiger partial charge in [-0.1, -0.05) is 30.3 Å². The van der Waals surface area contributed by atoms with Crippen molar-refractivity contribution in [3.05, 3.63) is 83.9 Å².